The Kier molecular flexibility index (Phi) is 5.85. The van der Waals surface area contributed by atoms with Gasteiger partial charge in [0.2, 0.25) is 0 Å². The molecule has 2 aliphatic rings. The van der Waals surface area contributed by atoms with E-state index in [0.29, 0.717) is 11.6 Å². The molecule has 1 N–H and O–H groups in total. The predicted molar refractivity (Wildman–Crippen MR) is 122 cm³/mol. The maximum absolute atomic E-state index is 12.9. The second-order valence-corrected chi connectivity index (χ2v) is 8.85. The number of carbonyl (C=O) groups excluding carboxylic acids is 1. The molecule has 1 atom stereocenters. The Morgan fingerprint density at radius 3 is 2.42 bits per heavy atom. The molecule has 0 spiro atoms. The number of hydrogen-bond donors (Lipinski definition) is 1. The molecule has 5 nitrogen and oxygen atoms in total. The highest BCUT2D eigenvalue weighted by Gasteiger charge is 2.25. The summed E-state index contributed by atoms with van der Waals surface area (Å²) in [4.78, 5) is 20.0. The van der Waals surface area contributed by atoms with Crippen molar-refractivity contribution in [1.82, 2.24) is 19.8 Å². The first-order valence-corrected chi connectivity index (χ1v) is 11.4. The fourth-order valence-corrected chi connectivity index (χ4v) is 4.89. The van der Waals surface area contributed by atoms with Crippen LogP contribution in [0.5, 0.6) is 0 Å². The van der Waals surface area contributed by atoms with Crippen LogP contribution in [0.15, 0.2) is 66.9 Å². The van der Waals surface area contributed by atoms with Gasteiger partial charge in [0.15, 0.2) is 0 Å². The van der Waals surface area contributed by atoms with Crippen LogP contribution in [-0.2, 0) is 19.5 Å². The first kappa shape index (κ1) is 20.0. The molecule has 0 radical (unpaired) electrons. The second-order valence-electron chi connectivity index (χ2n) is 8.85. The minimum atomic E-state index is -0.0281. The number of piperidine rings is 1. The smallest absolute Gasteiger partial charge is 0.271 e. The molecule has 5 heteroatoms. The average Bonchev–Trinajstić information content (AvgIpc) is 3.25. The third-order valence-electron chi connectivity index (χ3n) is 6.67. The number of fused-ring (bicyclic) bond motifs is 1. The first-order valence-electron chi connectivity index (χ1n) is 11.4. The van der Waals surface area contributed by atoms with Crippen LogP contribution in [-0.4, -0.2) is 39.5 Å². The Hall–Kier alpha value is -2.92. The second kappa shape index (κ2) is 9.06. The van der Waals surface area contributed by atoms with E-state index in [2.05, 4.69) is 80.4 Å². The van der Waals surface area contributed by atoms with Gasteiger partial charge in [-0.05, 0) is 30.4 Å². The summed E-state index contributed by atoms with van der Waals surface area (Å²) in [5.74, 6) is 1.50. The number of nitrogens with zero attached hydrogens (tertiary/aromatic N) is 3. The third-order valence-corrected chi connectivity index (χ3v) is 6.67. The third kappa shape index (κ3) is 4.72. The van der Waals surface area contributed by atoms with Gasteiger partial charge in [-0.1, -0.05) is 60.7 Å². The number of hydrogen-bond acceptors (Lipinski definition) is 3. The molecule has 0 bridgehead atoms. The number of rotatable bonds is 5. The van der Waals surface area contributed by atoms with Gasteiger partial charge < -0.3 is 9.88 Å². The molecule has 2 aromatic carbocycles. The Morgan fingerprint density at radius 1 is 0.968 bits per heavy atom. The SMILES string of the molecule is O=C(NC1CCN(Cc2ccccc2)CC1)c1cn2c(n1)CC[C@H](c1ccccc1)C2. The Bertz CT molecular complexity index is 1010. The molecule has 2 aliphatic heterocycles. The summed E-state index contributed by atoms with van der Waals surface area (Å²) >= 11 is 0. The summed E-state index contributed by atoms with van der Waals surface area (Å²) in [6.45, 7) is 3.91. The largest absolute Gasteiger partial charge is 0.348 e. The van der Waals surface area contributed by atoms with Crippen LogP contribution in [0, 0.1) is 0 Å². The highest BCUT2D eigenvalue weighted by Crippen LogP contribution is 2.28. The van der Waals surface area contributed by atoms with Crippen LogP contribution in [0.25, 0.3) is 0 Å². The van der Waals surface area contributed by atoms with Crippen molar-refractivity contribution >= 4 is 5.91 Å². The summed E-state index contributed by atoms with van der Waals surface area (Å²) in [5.41, 5.74) is 3.29. The minimum Gasteiger partial charge on any atom is -0.348 e. The molecule has 3 aromatic rings. The Labute approximate surface area is 184 Å². The molecule has 1 saturated heterocycles. The monoisotopic (exact) mass is 414 g/mol. The lowest BCUT2D eigenvalue weighted by molar-refractivity contribution is 0.0904. The molecule has 3 heterocycles. The van der Waals surface area contributed by atoms with E-state index in [1.165, 1.54) is 11.1 Å². The molecular weight excluding hydrogens is 384 g/mol. The Morgan fingerprint density at radius 2 is 1.68 bits per heavy atom. The quantitative estimate of drug-likeness (QED) is 0.686. The van der Waals surface area contributed by atoms with Gasteiger partial charge in [-0.15, -0.1) is 0 Å². The zero-order chi connectivity index (χ0) is 21.0. The lowest BCUT2D eigenvalue weighted by atomic mass is 9.92. The predicted octanol–water partition coefficient (Wildman–Crippen LogP) is 4.01. The summed E-state index contributed by atoms with van der Waals surface area (Å²) in [7, 11) is 0. The van der Waals surface area contributed by atoms with Crippen LogP contribution in [0.2, 0.25) is 0 Å². The van der Waals surface area contributed by atoms with E-state index in [-0.39, 0.29) is 11.9 Å². The van der Waals surface area contributed by atoms with Gasteiger partial charge in [0.05, 0.1) is 0 Å². The number of imidazole rings is 1. The van der Waals surface area contributed by atoms with Gasteiger partial charge in [-0.25, -0.2) is 4.98 Å². The van der Waals surface area contributed by atoms with Gasteiger partial charge in [0.25, 0.3) is 5.91 Å². The van der Waals surface area contributed by atoms with Crippen molar-refractivity contribution in [3.63, 3.8) is 0 Å². The molecule has 0 saturated carbocycles. The van der Waals surface area contributed by atoms with Crippen molar-refractivity contribution in [3.8, 4) is 0 Å². The van der Waals surface area contributed by atoms with E-state index in [1.807, 2.05) is 6.20 Å². The number of aromatic nitrogens is 2. The molecule has 1 fully saturated rings. The molecule has 0 unspecified atom stereocenters. The van der Waals surface area contributed by atoms with E-state index in [4.69, 9.17) is 0 Å². The first-order chi connectivity index (χ1) is 15.2. The number of aryl methyl sites for hydroxylation is 1. The van der Waals surface area contributed by atoms with Crippen LogP contribution >= 0.6 is 0 Å². The van der Waals surface area contributed by atoms with Crippen LogP contribution in [0.4, 0.5) is 0 Å². The maximum atomic E-state index is 12.9. The van der Waals surface area contributed by atoms with Crippen molar-refractivity contribution in [1.29, 1.82) is 0 Å². The van der Waals surface area contributed by atoms with E-state index in [9.17, 15) is 4.79 Å². The standard InChI is InChI=1S/C26H30N4O/c31-26(27-23-13-15-29(16-14-23)17-20-7-3-1-4-8-20)24-19-30-18-22(11-12-25(30)28-24)21-9-5-2-6-10-21/h1-10,19,22-23H,11-18H2,(H,27,31)/t22-/m0/s1. The van der Waals surface area contributed by atoms with Crippen molar-refractivity contribution in [3.05, 3.63) is 89.5 Å². The molecule has 1 amide bonds. The highest BCUT2D eigenvalue weighted by atomic mass is 16.2. The van der Waals surface area contributed by atoms with Crippen molar-refractivity contribution in [2.75, 3.05) is 13.1 Å². The zero-order valence-corrected chi connectivity index (χ0v) is 17.9. The van der Waals surface area contributed by atoms with E-state index in [1.54, 1.807) is 0 Å². The van der Waals surface area contributed by atoms with Gasteiger partial charge in [0, 0.05) is 50.8 Å². The van der Waals surface area contributed by atoms with Gasteiger partial charge in [0.1, 0.15) is 11.5 Å². The van der Waals surface area contributed by atoms with Crippen LogP contribution in [0.3, 0.4) is 0 Å². The van der Waals surface area contributed by atoms with Gasteiger partial charge in [-0.2, -0.15) is 0 Å². The summed E-state index contributed by atoms with van der Waals surface area (Å²) in [5, 5.41) is 3.23. The summed E-state index contributed by atoms with van der Waals surface area (Å²) < 4.78 is 2.18. The van der Waals surface area contributed by atoms with E-state index in [0.717, 1.165) is 57.7 Å². The normalized spacial score (nSPS) is 19.7. The Balaban J connectivity index is 1.15. The average molecular weight is 415 g/mol. The van der Waals surface area contributed by atoms with Crippen LogP contribution in [0.1, 0.15) is 52.6 Å². The van der Waals surface area contributed by atoms with Crippen molar-refractivity contribution < 1.29 is 4.79 Å². The topological polar surface area (TPSA) is 50.2 Å². The summed E-state index contributed by atoms with van der Waals surface area (Å²) in [6, 6.07) is 21.5. The lowest BCUT2D eigenvalue weighted by Gasteiger charge is -2.32. The van der Waals surface area contributed by atoms with Crippen molar-refractivity contribution in [2.24, 2.45) is 0 Å². The number of nitrogens with one attached hydrogen (secondary N) is 1. The molecule has 0 aliphatic carbocycles. The maximum Gasteiger partial charge on any atom is 0.271 e. The van der Waals surface area contributed by atoms with Crippen molar-refractivity contribution in [2.45, 2.75) is 50.7 Å². The van der Waals surface area contributed by atoms with Gasteiger partial charge in [-0.3, -0.25) is 9.69 Å². The number of likely N-dealkylation sites (tertiary alicyclic amines) is 1. The van der Waals surface area contributed by atoms with Crippen LogP contribution < -0.4 is 5.32 Å². The minimum absolute atomic E-state index is 0.0281. The zero-order valence-electron chi connectivity index (χ0n) is 17.9. The number of benzene rings is 2. The highest BCUT2D eigenvalue weighted by molar-refractivity contribution is 5.92. The molecule has 5 rings (SSSR count). The molecular formula is C26H30N4O. The molecule has 31 heavy (non-hydrogen) atoms. The van der Waals surface area contributed by atoms with E-state index >= 15 is 0 Å². The fraction of sp³-hybridized carbons (Fsp3) is 0.385. The van der Waals surface area contributed by atoms with Gasteiger partial charge >= 0.3 is 0 Å². The lowest BCUT2D eigenvalue weighted by Crippen LogP contribution is -2.44. The molecule has 1 aromatic heterocycles. The fourth-order valence-electron chi connectivity index (χ4n) is 4.89. The summed E-state index contributed by atoms with van der Waals surface area (Å²) in [6.07, 6.45) is 5.93. The number of carbonyl (C=O) groups is 1. The number of amides is 1. The van der Waals surface area contributed by atoms with E-state index < -0.39 is 0 Å². The molecule has 160 valence electrons.